The van der Waals surface area contributed by atoms with E-state index in [1.165, 1.54) is 0 Å². The SMILES string of the molecule is CCN(Cc1cccc2c1OCCO2)C(=O)Cn1c2ccccc2c(=O)c2ccccc21. The number of fused-ring (bicyclic) bond motifs is 3. The highest BCUT2D eigenvalue weighted by molar-refractivity contribution is 5.94. The van der Waals surface area contributed by atoms with Gasteiger partial charge in [-0.05, 0) is 37.3 Å². The van der Waals surface area contributed by atoms with E-state index in [1.807, 2.05) is 78.2 Å². The van der Waals surface area contributed by atoms with Crippen LogP contribution in [-0.4, -0.2) is 35.1 Å². The number of hydrogen-bond acceptors (Lipinski definition) is 4. The molecule has 6 nitrogen and oxygen atoms in total. The van der Waals surface area contributed by atoms with E-state index in [4.69, 9.17) is 9.47 Å². The fourth-order valence-corrected chi connectivity index (χ4v) is 4.32. The van der Waals surface area contributed by atoms with Crippen LogP contribution in [0.1, 0.15) is 12.5 Å². The normalized spacial score (nSPS) is 12.8. The van der Waals surface area contributed by atoms with Gasteiger partial charge in [0.15, 0.2) is 16.9 Å². The summed E-state index contributed by atoms with van der Waals surface area (Å²) in [5.41, 5.74) is 2.43. The molecule has 162 valence electrons. The van der Waals surface area contributed by atoms with Gasteiger partial charge in [-0.1, -0.05) is 36.4 Å². The number of carbonyl (C=O) groups is 1. The molecule has 0 saturated carbocycles. The first-order chi connectivity index (χ1) is 15.7. The van der Waals surface area contributed by atoms with Gasteiger partial charge in [0.05, 0.1) is 11.0 Å². The minimum absolute atomic E-state index is 0.0136. The molecule has 0 bridgehead atoms. The van der Waals surface area contributed by atoms with Gasteiger partial charge in [0.25, 0.3) is 0 Å². The van der Waals surface area contributed by atoms with Crippen molar-refractivity contribution < 1.29 is 14.3 Å². The molecule has 6 heteroatoms. The number of likely N-dealkylation sites (N-methyl/N-ethyl adjacent to an activating group) is 1. The summed E-state index contributed by atoms with van der Waals surface area (Å²) in [7, 11) is 0. The Labute approximate surface area is 185 Å². The maximum atomic E-state index is 13.4. The third-order valence-electron chi connectivity index (χ3n) is 5.92. The van der Waals surface area contributed by atoms with Crippen molar-refractivity contribution in [2.45, 2.75) is 20.0 Å². The van der Waals surface area contributed by atoms with E-state index < -0.39 is 0 Å². The highest BCUT2D eigenvalue weighted by Crippen LogP contribution is 2.34. The highest BCUT2D eigenvalue weighted by Gasteiger charge is 2.21. The largest absolute Gasteiger partial charge is 0.486 e. The molecule has 1 amide bonds. The van der Waals surface area contributed by atoms with Crippen LogP contribution < -0.4 is 14.9 Å². The summed E-state index contributed by atoms with van der Waals surface area (Å²) < 4.78 is 13.4. The van der Waals surface area contributed by atoms with Crippen LogP contribution in [0.4, 0.5) is 0 Å². The Bertz CT molecular complexity index is 1320. The lowest BCUT2D eigenvalue weighted by atomic mass is 10.1. The van der Waals surface area contributed by atoms with E-state index in [1.54, 1.807) is 4.90 Å². The number of rotatable bonds is 5. The van der Waals surface area contributed by atoms with Crippen LogP contribution in [0.3, 0.4) is 0 Å². The van der Waals surface area contributed by atoms with Gasteiger partial charge in [0.1, 0.15) is 19.8 Å². The number of hydrogen-bond donors (Lipinski definition) is 0. The second kappa shape index (κ2) is 8.38. The second-order valence-electron chi connectivity index (χ2n) is 7.80. The van der Waals surface area contributed by atoms with Crippen molar-refractivity contribution in [2.75, 3.05) is 19.8 Å². The van der Waals surface area contributed by atoms with Gasteiger partial charge >= 0.3 is 0 Å². The van der Waals surface area contributed by atoms with E-state index in [-0.39, 0.29) is 17.9 Å². The summed E-state index contributed by atoms with van der Waals surface area (Å²) in [6.45, 7) is 4.12. The van der Waals surface area contributed by atoms with E-state index in [0.29, 0.717) is 42.8 Å². The molecule has 0 saturated heterocycles. The van der Waals surface area contributed by atoms with Crippen LogP contribution in [-0.2, 0) is 17.9 Å². The fourth-order valence-electron chi connectivity index (χ4n) is 4.32. The molecule has 2 heterocycles. The predicted molar refractivity (Wildman–Crippen MR) is 124 cm³/mol. The molecular weight excluding hydrogens is 404 g/mol. The molecule has 1 aliphatic rings. The summed E-state index contributed by atoms with van der Waals surface area (Å²) in [5.74, 6) is 1.40. The summed E-state index contributed by atoms with van der Waals surface area (Å²) in [6.07, 6.45) is 0. The van der Waals surface area contributed by atoms with E-state index >= 15 is 0 Å². The average molecular weight is 428 g/mol. The zero-order valence-corrected chi connectivity index (χ0v) is 17.9. The third kappa shape index (κ3) is 3.47. The van der Waals surface area contributed by atoms with Gasteiger partial charge in [0.2, 0.25) is 5.91 Å². The van der Waals surface area contributed by atoms with Crippen LogP contribution in [0.2, 0.25) is 0 Å². The van der Waals surface area contributed by atoms with Crippen molar-refractivity contribution in [3.8, 4) is 11.5 Å². The zero-order valence-electron chi connectivity index (χ0n) is 17.9. The lowest BCUT2D eigenvalue weighted by molar-refractivity contribution is -0.132. The number of nitrogens with zero attached hydrogens (tertiary/aromatic N) is 2. The predicted octanol–water partition coefficient (Wildman–Crippen LogP) is 3.97. The van der Waals surface area contributed by atoms with Crippen LogP contribution in [0.5, 0.6) is 11.5 Å². The molecule has 1 aromatic heterocycles. The zero-order chi connectivity index (χ0) is 22.1. The molecule has 3 aromatic carbocycles. The van der Waals surface area contributed by atoms with E-state index in [9.17, 15) is 9.59 Å². The van der Waals surface area contributed by atoms with Crippen molar-refractivity contribution in [3.05, 3.63) is 82.5 Å². The molecule has 4 aromatic rings. The van der Waals surface area contributed by atoms with Gasteiger partial charge in [-0.3, -0.25) is 9.59 Å². The topological polar surface area (TPSA) is 60.8 Å². The quantitative estimate of drug-likeness (QED) is 0.451. The maximum absolute atomic E-state index is 13.4. The third-order valence-corrected chi connectivity index (χ3v) is 5.92. The molecular formula is C26H24N2O4. The van der Waals surface area contributed by atoms with E-state index in [0.717, 1.165) is 22.3 Å². The Morgan fingerprint density at radius 3 is 2.25 bits per heavy atom. The Balaban J connectivity index is 1.52. The Hall–Kier alpha value is -3.80. The van der Waals surface area contributed by atoms with Crippen LogP contribution in [0, 0.1) is 0 Å². The molecule has 0 aliphatic carbocycles. The van der Waals surface area contributed by atoms with Crippen molar-refractivity contribution in [3.63, 3.8) is 0 Å². The monoisotopic (exact) mass is 428 g/mol. The lowest BCUT2D eigenvalue weighted by Gasteiger charge is -2.26. The first-order valence-corrected chi connectivity index (χ1v) is 10.8. The number of amides is 1. The smallest absolute Gasteiger partial charge is 0.242 e. The number of carbonyl (C=O) groups excluding carboxylic acids is 1. The number of aromatic nitrogens is 1. The molecule has 0 atom stereocenters. The standard InChI is InChI=1S/C26H24N2O4/c1-2-27(16-18-8-7-13-23-26(18)32-15-14-31-23)24(29)17-28-21-11-5-3-9-19(21)25(30)20-10-4-6-12-22(20)28/h3-13H,2,14-17H2,1H3. The number of ether oxygens (including phenoxy) is 2. The molecule has 0 spiro atoms. The average Bonchev–Trinajstić information content (AvgIpc) is 2.85. The Kier molecular flexibility index (Phi) is 5.27. The number of pyridine rings is 1. The molecule has 0 unspecified atom stereocenters. The maximum Gasteiger partial charge on any atom is 0.242 e. The van der Waals surface area contributed by atoms with Crippen molar-refractivity contribution in [1.82, 2.24) is 9.47 Å². The molecule has 0 fully saturated rings. The minimum Gasteiger partial charge on any atom is -0.486 e. The molecule has 5 rings (SSSR count). The molecule has 1 aliphatic heterocycles. The number of benzene rings is 3. The highest BCUT2D eigenvalue weighted by atomic mass is 16.6. The van der Waals surface area contributed by atoms with E-state index in [2.05, 4.69) is 0 Å². The fraction of sp³-hybridized carbons (Fsp3) is 0.231. The van der Waals surface area contributed by atoms with Gasteiger partial charge < -0.3 is 18.9 Å². The van der Waals surface area contributed by atoms with Crippen molar-refractivity contribution in [2.24, 2.45) is 0 Å². The van der Waals surface area contributed by atoms with Gasteiger partial charge in [0, 0.05) is 29.4 Å². The van der Waals surface area contributed by atoms with Crippen molar-refractivity contribution >= 4 is 27.7 Å². The minimum atomic E-state index is -0.0271. The summed E-state index contributed by atoms with van der Waals surface area (Å²) in [4.78, 5) is 28.2. The Morgan fingerprint density at radius 2 is 1.56 bits per heavy atom. The van der Waals surface area contributed by atoms with Gasteiger partial charge in [-0.2, -0.15) is 0 Å². The molecule has 0 N–H and O–H groups in total. The van der Waals surface area contributed by atoms with Crippen molar-refractivity contribution in [1.29, 1.82) is 0 Å². The van der Waals surface area contributed by atoms with Crippen LogP contribution >= 0.6 is 0 Å². The number of para-hydroxylation sites is 3. The lowest BCUT2D eigenvalue weighted by Crippen LogP contribution is -2.34. The summed E-state index contributed by atoms with van der Waals surface area (Å²) in [5, 5.41) is 1.23. The van der Waals surface area contributed by atoms with Gasteiger partial charge in [-0.15, -0.1) is 0 Å². The van der Waals surface area contributed by atoms with Gasteiger partial charge in [-0.25, -0.2) is 0 Å². The first kappa shape index (κ1) is 20.1. The first-order valence-electron chi connectivity index (χ1n) is 10.8. The summed E-state index contributed by atoms with van der Waals surface area (Å²) in [6, 6.07) is 20.7. The molecule has 0 radical (unpaired) electrons. The Morgan fingerprint density at radius 1 is 0.906 bits per heavy atom. The second-order valence-corrected chi connectivity index (χ2v) is 7.80. The van der Waals surface area contributed by atoms with Crippen LogP contribution in [0.15, 0.2) is 71.5 Å². The van der Waals surface area contributed by atoms with Crippen LogP contribution in [0.25, 0.3) is 21.8 Å². The molecule has 32 heavy (non-hydrogen) atoms. The summed E-state index contributed by atoms with van der Waals surface area (Å²) >= 11 is 0.